The molecule has 31 heavy (non-hydrogen) atoms. The molecule has 0 radical (unpaired) electrons. The monoisotopic (exact) mass is 415 g/mol. The lowest BCUT2D eigenvalue weighted by molar-refractivity contribution is -0.122. The highest BCUT2D eigenvalue weighted by Crippen LogP contribution is 2.15. The number of aryl methyl sites for hydroxylation is 2. The third-order valence-corrected chi connectivity index (χ3v) is 5.22. The molecular weight excluding hydrogens is 390 g/mol. The molecule has 158 valence electrons. The van der Waals surface area contributed by atoms with E-state index in [-0.39, 0.29) is 12.5 Å². The summed E-state index contributed by atoms with van der Waals surface area (Å²) in [6, 6.07) is 18.1. The van der Waals surface area contributed by atoms with E-state index in [1.807, 2.05) is 67.9 Å². The van der Waals surface area contributed by atoms with Crippen molar-refractivity contribution in [1.82, 2.24) is 35.3 Å². The van der Waals surface area contributed by atoms with E-state index in [0.717, 1.165) is 28.1 Å². The van der Waals surface area contributed by atoms with E-state index >= 15 is 0 Å². The summed E-state index contributed by atoms with van der Waals surface area (Å²) in [7, 11) is 0. The second-order valence-electron chi connectivity index (χ2n) is 7.58. The van der Waals surface area contributed by atoms with Crippen LogP contribution >= 0.6 is 0 Å². The number of rotatable bonds is 7. The Labute approximate surface area is 180 Å². The molecule has 8 heteroatoms. The van der Waals surface area contributed by atoms with Crippen LogP contribution in [-0.2, 0) is 24.4 Å². The highest BCUT2D eigenvalue weighted by Gasteiger charge is 2.14. The van der Waals surface area contributed by atoms with Gasteiger partial charge in [0.15, 0.2) is 0 Å². The van der Waals surface area contributed by atoms with Crippen LogP contribution in [0.15, 0.2) is 54.6 Å². The summed E-state index contributed by atoms with van der Waals surface area (Å²) in [6.45, 7) is 7.12. The fraction of sp³-hybridized carbons (Fsp3) is 0.261. The Bertz CT molecular complexity index is 1180. The van der Waals surface area contributed by atoms with E-state index in [4.69, 9.17) is 0 Å². The number of carbonyl (C=O) groups is 1. The summed E-state index contributed by atoms with van der Waals surface area (Å²) >= 11 is 0. The van der Waals surface area contributed by atoms with Crippen molar-refractivity contribution < 1.29 is 4.79 Å². The molecule has 0 fully saturated rings. The Hall–Kier alpha value is -3.81. The molecule has 1 amide bonds. The molecule has 0 unspecified atom stereocenters. The van der Waals surface area contributed by atoms with Crippen molar-refractivity contribution in [3.63, 3.8) is 0 Å². The van der Waals surface area contributed by atoms with Crippen LogP contribution in [0.25, 0.3) is 11.4 Å². The summed E-state index contributed by atoms with van der Waals surface area (Å²) in [5.74, 6) is 0.323. The molecular formula is C23H25N7O. The van der Waals surface area contributed by atoms with Crippen molar-refractivity contribution in [2.75, 3.05) is 0 Å². The van der Waals surface area contributed by atoms with E-state index in [2.05, 4.69) is 38.0 Å². The van der Waals surface area contributed by atoms with Crippen LogP contribution in [0.4, 0.5) is 0 Å². The van der Waals surface area contributed by atoms with Crippen LogP contribution in [0.1, 0.15) is 28.1 Å². The van der Waals surface area contributed by atoms with Crippen LogP contribution < -0.4 is 5.32 Å². The lowest BCUT2D eigenvalue weighted by Crippen LogP contribution is -2.28. The third kappa shape index (κ3) is 4.85. The molecule has 0 bridgehead atoms. The van der Waals surface area contributed by atoms with Crippen LogP contribution in [0.2, 0.25) is 0 Å². The lowest BCUT2D eigenvalue weighted by atomic mass is 10.1. The van der Waals surface area contributed by atoms with E-state index in [1.165, 1.54) is 10.4 Å². The Balaban J connectivity index is 1.36. The highest BCUT2D eigenvalue weighted by atomic mass is 16.2. The van der Waals surface area contributed by atoms with E-state index < -0.39 is 0 Å². The number of nitrogens with zero attached hydrogens (tertiary/aromatic N) is 6. The molecule has 0 spiro atoms. The fourth-order valence-electron chi connectivity index (χ4n) is 3.40. The molecule has 0 aliphatic heterocycles. The first-order valence-electron chi connectivity index (χ1n) is 10.2. The van der Waals surface area contributed by atoms with E-state index in [0.29, 0.717) is 18.9 Å². The van der Waals surface area contributed by atoms with Crippen LogP contribution in [-0.4, -0.2) is 35.9 Å². The second-order valence-corrected chi connectivity index (χ2v) is 7.58. The molecule has 0 aliphatic carbocycles. The molecule has 4 rings (SSSR count). The number of nitrogens with one attached hydrogen (secondary N) is 1. The third-order valence-electron chi connectivity index (χ3n) is 5.22. The zero-order valence-electron chi connectivity index (χ0n) is 17.9. The average molecular weight is 416 g/mol. The van der Waals surface area contributed by atoms with Gasteiger partial charge in [0.05, 0.1) is 12.2 Å². The second kappa shape index (κ2) is 8.91. The van der Waals surface area contributed by atoms with Gasteiger partial charge in [-0.3, -0.25) is 9.48 Å². The minimum absolute atomic E-state index is 0.00904. The van der Waals surface area contributed by atoms with Crippen LogP contribution in [0, 0.1) is 20.8 Å². The zero-order valence-corrected chi connectivity index (χ0v) is 17.9. The summed E-state index contributed by atoms with van der Waals surface area (Å²) in [5.41, 5.74) is 6.19. The SMILES string of the molecule is Cc1ccc(-c2nnn(CC(=O)NCc3c(C)nn(Cc4ccccc4)c3C)n2)cc1. The first-order valence-corrected chi connectivity index (χ1v) is 10.2. The predicted octanol–water partition coefficient (Wildman–Crippen LogP) is 2.83. The molecule has 2 aromatic carbocycles. The van der Waals surface area contributed by atoms with Gasteiger partial charge in [-0.25, -0.2) is 0 Å². The molecule has 0 saturated heterocycles. The molecule has 8 nitrogen and oxygen atoms in total. The maximum atomic E-state index is 12.4. The smallest absolute Gasteiger partial charge is 0.243 e. The van der Waals surface area contributed by atoms with Crippen molar-refractivity contribution in [2.24, 2.45) is 0 Å². The normalized spacial score (nSPS) is 10.9. The molecule has 2 heterocycles. The number of tetrazole rings is 1. The first-order chi connectivity index (χ1) is 15.0. The Morgan fingerprint density at radius 1 is 0.968 bits per heavy atom. The molecule has 0 atom stereocenters. The Kier molecular flexibility index (Phi) is 5.88. The van der Waals surface area contributed by atoms with Crippen molar-refractivity contribution in [3.05, 3.63) is 82.7 Å². The molecule has 1 N–H and O–H groups in total. The Morgan fingerprint density at radius 2 is 1.71 bits per heavy atom. The van der Waals surface area contributed by atoms with Crippen LogP contribution in [0.5, 0.6) is 0 Å². The van der Waals surface area contributed by atoms with Gasteiger partial charge in [-0.2, -0.15) is 9.90 Å². The lowest BCUT2D eigenvalue weighted by Gasteiger charge is -2.07. The molecule has 4 aromatic rings. The molecule has 0 saturated carbocycles. The van der Waals surface area contributed by atoms with Gasteiger partial charge in [0.2, 0.25) is 11.7 Å². The van der Waals surface area contributed by atoms with Crippen LogP contribution in [0.3, 0.4) is 0 Å². The van der Waals surface area contributed by atoms with Gasteiger partial charge in [-0.05, 0) is 31.5 Å². The van der Waals surface area contributed by atoms with Gasteiger partial charge in [0.1, 0.15) is 6.54 Å². The van der Waals surface area contributed by atoms with Gasteiger partial charge in [-0.1, -0.05) is 60.2 Å². The molecule has 0 aliphatic rings. The fourth-order valence-corrected chi connectivity index (χ4v) is 3.40. The van der Waals surface area contributed by atoms with Crippen molar-refractivity contribution in [3.8, 4) is 11.4 Å². The minimum atomic E-state index is -0.178. The summed E-state index contributed by atoms with van der Waals surface area (Å²) in [6.07, 6.45) is 0. The van der Waals surface area contributed by atoms with Crippen molar-refractivity contribution >= 4 is 5.91 Å². The van der Waals surface area contributed by atoms with Gasteiger partial charge in [0, 0.05) is 23.4 Å². The number of benzene rings is 2. The topological polar surface area (TPSA) is 90.5 Å². The Morgan fingerprint density at radius 3 is 2.45 bits per heavy atom. The quantitative estimate of drug-likeness (QED) is 0.501. The largest absolute Gasteiger partial charge is 0.350 e. The van der Waals surface area contributed by atoms with Gasteiger partial charge in [-0.15, -0.1) is 10.2 Å². The standard InChI is InChI=1S/C23H25N7O/c1-16-9-11-20(12-10-16)23-25-28-30(27-23)15-22(31)24-13-21-17(2)26-29(18(21)3)14-19-7-5-4-6-8-19/h4-12H,13-15H2,1-3H3,(H,24,31). The number of hydrogen-bond donors (Lipinski definition) is 1. The maximum absolute atomic E-state index is 12.4. The number of hydrogen-bond acceptors (Lipinski definition) is 5. The average Bonchev–Trinajstić information content (AvgIpc) is 3.32. The number of carbonyl (C=O) groups excluding carboxylic acids is 1. The van der Waals surface area contributed by atoms with E-state index in [1.54, 1.807) is 0 Å². The van der Waals surface area contributed by atoms with Crippen molar-refractivity contribution in [1.29, 1.82) is 0 Å². The first kappa shape index (κ1) is 20.5. The molecule has 2 aromatic heterocycles. The number of aromatic nitrogens is 6. The van der Waals surface area contributed by atoms with Gasteiger partial charge < -0.3 is 5.32 Å². The summed E-state index contributed by atoms with van der Waals surface area (Å²) in [4.78, 5) is 13.7. The maximum Gasteiger partial charge on any atom is 0.243 e. The zero-order chi connectivity index (χ0) is 21.8. The van der Waals surface area contributed by atoms with Gasteiger partial charge in [0.25, 0.3) is 0 Å². The number of amides is 1. The predicted molar refractivity (Wildman–Crippen MR) is 117 cm³/mol. The van der Waals surface area contributed by atoms with E-state index in [9.17, 15) is 4.79 Å². The minimum Gasteiger partial charge on any atom is -0.350 e. The summed E-state index contributed by atoms with van der Waals surface area (Å²) < 4.78 is 1.97. The highest BCUT2D eigenvalue weighted by molar-refractivity contribution is 5.75. The van der Waals surface area contributed by atoms with Crippen molar-refractivity contribution in [2.45, 2.75) is 40.4 Å². The van der Waals surface area contributed by atoms with Gasteiger partial charge >= 0.3 is 0 Å². The summed E-state index contributed by atoms with van der Waals surface area (Å²) in [5, 5.41) is 19.9.